The van der Waals surface area contributed by atoms with Crippen LogP contribution >= 0.6 is 11.8 Å². The molecule has 2 fully saturated rings. The second-order valence-electron chi connectivity index (χ2n) is 8.17. The maximum Gasteiger partial charge on any atom is 0.230 e. The first kappa shape index (κ1) is 19.6. The van der Waals surface area contributed by atoms with Crippen molar-refractivity contribution < 1.29 is 9.21 Å². The molecule has 152 valence electrons. The first-order valence-electron chi connectivity index (χ1n) is 10.6. The summed E-state index contributed by atoms with van der Waals surface area (Å²) in [6, 6.07) is 4.50. The van der Waals surface area contributed by atoms with Crippen molar-refractivity contribution in [1.29, 1.82) is 0 Å². The Morgan fingerprint density at radius 1 is 1.18 bits per heavy atom. The summed E-state index contributed by atoms with van der Waals surface area (Å²) in [5.74, 6) is 2.57. The van der Waals surface area contributed by atoms with Gasteiger partial charge in [0.2, 0.25) is 11.7 Å². The summed E-state index contributed by atoms with van der Waals surface area (Å²) in [6.45, 7) is 2.24. The molecule has 2 aliphatic rings. The van der Waals surface area contributed by atoms with Crippen LogP contribution in [-0.2, 0) is 4.79 Å². The van der Waals surface area contributed by atoms with Gasteiger partial charge in [-0.05, 0) is 43.7 Å². The van der Waals surface area contributed by atoms with Gasteiger partial charge in [0.25, 0.3) is 0 Å². The molecule has 2 saturated carbocycles. The van der Waals surface area contributed by atoms with Gasteiger partial charge in [0.15, 0.2) is 10.9 Å². The molecule has 1 amide bonds. The van der Waals surface area contributed by atoms with Crippen LogP contribution in [0.25, 0.3) is 11.6 Å². The topological polar surface area (TPSA) is 73.0 Å². The minimum absolute atomic E-state index is 0.0986. The average Bonchev–Trinajstić information content (AvgIpc) is 3.38. The Morgan fingerprint density at radius 3 is 2.71 bits per heavy atom. The van der Waals surface area contributed by atoms with Gasteiger partial charge in [0.05, 0.1) is 12.0 Å². The zero-order valence-electron chi connectivity index (χ0n) is 16.6. The van der Waals surface area contributed by atoms with E-state index in [4.69, 9.17) is 4.42 Å². The Balaban J connectivity index is 1.45. The van der Waals surface area contributed by atoms with Crippen molar-refractivity contribution >= 4 is 17.7 Å². The fourth-order valence-corrected chi connectivity index (χ4v) is 5.34. The molecule has 2 aromatic rings. The van der Waals surface area contributed by atoms with E-state index in [-0.39, 0.29) is 5.91 Å². The van der Waals surface area contributed by atoms with Crippen LogP contribution in [0.1, 0.15) is 70.8 Å². The van der Waals surface area contributed by atoms with Gasteiger partial charge in [-0.1, -0.05) is 50.8 Å². The molecule has 28 heavy (non-hydrogen) atoms. The van der Waals surface area contributed by atoms with Gasteiger partial charge in [0.1, 0.15) is 0 Å². The Hall–Kier alpha value is -1.76. The van der Waals surface area contributed by atoms with E-state index >= 15 is 0 Å². The van der Waals surface area contributed by atoms with E-state index in [1.165, 1.54) is 50.3 Å². The molecule has 0 aromatic carbocycles. The standard InChI is InChI=1S/C21H30N4O2S/c1-15-8-5-6-11-17(15)22-19(26)14-28-21-24-23-20(18-12-7-13-27-18)25(21)16-9-3-2-4-10-16/h7,12-13,15-17H,2-6,8-11,14H2,1H3,(H,22,26)/t15-,17-/m0/s1. The summed E-state index contributed by atoms with van der Waals surface area (Å²) < 4.78 is 7.80. The summed E-state index contributed by atoms with van der Waals surface area (Å²) in [7, 11) is 0. The Bertz CT molecular complexity index is 767. The molecule has 0 spiro atoms. The lowest BCUT2D eigenvalue weighted by Gasteiger charge is -2.29. The number of rotatable bonds is 6. The van der Waals surface area contributed by atoms with E-state index in [1.807, 2.05) is 12.1 Å². The molecule has 7 heteroatoms. The molecule has 6 nitrogen and oxygen atoms in total. The van der Waals surface area contributed by atoms with Gasteiger partial charge in [-0.2, -0.15) is 0 Å². The third-order valence-electron chi connectivity index (χ3n) is 6.14. The monoisotopic (exact) mass is 402 g/mol. The lowest BCUT2D eigenvalue weighted by atomic mass is 9.86. The highest BCUT2D eigenvalue weighted by Crippen LogP contribution is 2.35. The molecule has 2 heterocycles. The molecule has 0 aliphatic heterocycles. The first-order chi connectivity index (χ1) is 13.7. The highest BCUT2D eigenvalue weighted by atomic mass is 32.2. The lowest BCUT2D eigenvalue weighted by molar-refractivity contribution is -0.119. The zero-order chi connectivity index (χ0) is 19.3. The summed E-state index contributed by atoms with van der Waals surface area (Å²) in [4.78, 5) is 12.5. The SMILES string of the molecule is C[C@H]1CCCC[C@@H]1NC(=O)CSc1nnc(-c2ccco2)n1C1CCCCC1. The first-order valence-corrected chi connectivity index (χ1v) is 11.6. The van der Waals surface area contributed by atoms with Crippen LogP contribution in [0.15, 0.2) is 28.0 Å². The van der Waals surface area contributed by atoms with Crippen LogP contribution in [-0.4, -0.2) is 32.5 Å². The van der Waals surface area contributed by atoms with E-state index in [0.29, 0.717) is 23.8 Å². The summed E-state index contributed by atoms with van der Waals surface area (Å²) in [5, 5.41) is 12.9. The zero-order valence-corrected chi connectivity index (χ0v) is 17.4. The van der Waals surface area contributed by atoms with Crippen LogP contribution in [0, 0.1) is 5.92 Å². The molecular formula is C21H30N4O2S. The van der Waals surface area contributed by atoms with E-state index in [1.54, 1.807) is 6.26 Å². The van der Waals surface area contributed by atoms with E-state index in [0.717, 1.165) is 36.0 Å². The van der Waals surface area contributed by atoms with Gasteiger partial charge in [-0.15, -0.1) is 10.2 Å². The van der Waals surface area contributed by atoms with Crippen LogP contribution in [0.3, 0.4) is 0 Å². The van der Waals surface area contributed by atoms with Crippen LogP contribution in [0.2, 0.25) is 0 Å². The maximum atomic E-state index is 12.5. The molecule has 4 rings (SSSR count). The fourth-order valence-electron chi connectivity index (χ4n) is 4.53. The van der Waals surface area contributed by atoms with Gasteiger partial charge < -0.3 is 9.73 Å². The smallest absolute Gasteiger partial charge is 0.230 e. The fraction of sp³-hybridized carbons (Fsp3) is 0.667. The molecule has 2 aromatic heterocycles. The number of hydrogen-bond acceptors (Lipinski definition) is 5. The Morgan fingerprint density at radius 2 is 1.96 bits per heavy atom. The largest absolute Gasteiger partial charge is 0.461 e. The van der Waals surface area contributed by atoms with Crippen molar-refractivity contribution in [2.24, 2.45) is 5.92 Å². The molecule has 2 atom stereocenters. The van der Waals surface area contributed by atoms with E-state index in [2.05, 4.69) is 27.0 Å². The molecule has 2 aliphatic carbocycles. The van der Waals surface area contributed by atoms with E-state index in [9.17, 15) is 4.79 Å². The lowest BCUT2D eigenvalue weighted by Crippen LogP contribution is -2.41. The third kappa shape index (κ3) is 4.45. The molecule has 0 unspecified atom stereocenters. The van der Waals surface area contributed by atoms with Crippen LogP contribution in [0.5, 0.6) is 0 Å². The minimum Gasteiger partial charge on any atom is -0.461 e. The highest BCUT2D eigenvalue weighted by molar-refractivity contribution is 7.99. The average molecular weight is 403 g/mol. The number of furan rings is 1. The quantitative estimate of drug-likeness (QED) is 0.701. The Kier molecular flexibility index (Phi) is 6.40. The summed E-state index contributed by atoms with van der Waals surface area (Å²) in [6.07, 6.45) is 12.5. The number of aromatic nitrogens is 3. The summed E-state index contributed by atoms with van der Waals surface area (Å²) >= 11 is 1.49. The number of nitrogens with one attached hydrogen (secondary N) is 1. The predicted octanol–water partition coefficient (Wildman–Crippen LogP) is 4.83. The molecule has 0 bridgehead atoms. The maximum absolute atomic E-state index is 12.5. The van der Waals surface area contributed by atoms with Gasteiger partial charge in [0, 0.05) is 12.1 Å². The van der Waals surface area contributed by atoms with Crippen molar-refractivity contribution in [2.75, 3.05) is 5.75 Å². The number of nitrogens with zero attached hydrogens (tertiary/aromatic N) is 3. The van der Waals surface area contributed by atoms with Crippen molar-refractivity contribution in [2.45, 2.75) is 82.0 Å². The van der Waals surface area contributed by atoms with Crippen LogP contribution < -0.4 is 5.32 Å². The van der Waals surface area contributed by atoms with Crippen molar-refractivity contribution in [3.63, 3.8) is 0 Å². The second kappa shape index (κ2) is 9.16. The molecule has 0 radical (unpaired) electrons. The van der Waals surface area contributed by atoms with Gasteiger partial charge in [-0.3, -0.25) is 9.36 Å². The second-order valence-corrected chi connectivity index (χ2v) is 9.11. The van der Waals surface area contributed by atoms with Crippen molar-refractivity contribution in [1.82, 2.24) is 20.1 Å². The highest BCUT2D eigenvalue weighted by Gasteiger charge is 2.26. The molecular weight excluding hydrogens is 372 g/mol. The van der Waals surface area contributed by atoms with Crippen molar-refractivity contribution in [3.8, 4) is 11.6 Å². The van der Waals surface area contributed by atoms with Crippen molar-refractivity contribution in [3.05, 3.63) is 18.4 Å². The van der Waals surface area contributed by atoms with Crippen LogP contribution in [0.4, 0.5) is 0 Å². The minimum atomic E-state index is 0.0986. The number of thioether (sulfide) groups is 1. The Labute approximate surface area is 170 Å². The number of amides is 1. The number of hydrogen-bond donors (Lipinski definition) is 1. The third-order valence-corrected chi connectivity index (χ3v) is 7.08. The predicted molar refractivity (Wildman–Crippen MR) is 110 cm³/mol. The number of carbonyl (C=O) groups excluding carboxylic acids is 1. The van der Waals surface area contributed by atoms with Gasteiger partial charge >= 0.3 is 0 Å². The molecule has 1 N–H and O–H groups in total. The van der Waals surface area contributed by atoms with Gasteiger partial charge in [-0.25, -0.2) is 0 Å². The molecule has 0 saturated heterocycles. The number of carbonyl (C=O) groups is 1. The van der Waals surface area contributed by atoms with E-state index < -0.39 is 0 Å². The normalized spacial score (nSPS) is 23.6. The summed E-state index contributed by atoms with van der Waals surface area (Å²) in [5.41, 5.74) is 0.